The SMILES string of the molecule is CCOC(=O)c1sc2nc3c(n2c1C)CCCC3. The first kappa shape index (κ1) is 11.7. The van der Waals surface area contributed by atoms with Gasteiger partial charge in [-0.15, -0.1) is 0 Å². The second kappa shape index (κ2) is 4.39. The fraction of sp³-hybridized carbons (Fsp3) is 0.538. The lowest BCUT2D eigenvalue weighted by molar-refractivity contribution is 0.0531. The summed E-state index contributed by atoms with van der Waals surface area (Å²) in [4.78, 5) is 18.1. The van der Waals surface area contributed by atoms with Gasteiger partial charge in [0, 0.05) is 11.4 Å². The van der Waals surface area contributed by atoms with Crippen LogP contribution < -0.4 is 0 Å². The molecule has 1 aliphatic rings. The molecule has 0 N–H and O–H groups in total. The van der Waals surface area contributed by atoms with E-state index in [2.05, 4.69) is 9.38 Å². The second-order valence-corrected chi connectivity index (χ2v) is 5.54. The van der Waals surface area contributed by atoms with E-state index in [0.29, 0.717) is 11.5 Å². The van der Waals surface area contributed by atoms with Crippen molar-refractivity contribution in [2.75, 3.05) is 6.61 Å². The highest BCUT2D eigenvalue weighted by molar-refractivity contribution is 7.19. The van der Waals surface area contributed by atoms with Crippen molar-refractivity contribution in [3.8, 4) is 0 Å². The summed E-state index contributed by atoms with van der Waals surface area (Å²) in [5.41, 5.74) is 3.48. The normalized spacial score (nSPS) is 14.8. The largest absolute Gasteiger partial charge is 0.462 e. The van der Waals surface area contributed by atoms with Gasteiger partial charge in [-0.25, -0.2) is 9.78 Å². The van der Waals surface area contributed by atoms with E-state index in [0.717, 1.165) is 23.5 Å². The predicted octanol–water partition coefficient (Wildman–Crippen LogP) is 2.76. The second-order valence-electron chi connectivity index (χ2n) is 4.57. The minimum atomic E-state index is -0.227. The third-order valence-electron chi connectivity index (χ3n) is 3.42. The minimum Gasteiger partial charge on any atom is -0.462 e. The molecule has 0 bridgehead atoms. The molecule has 0 saturated heterocycles. The third-order valence-corrected chi connectivity index (χ3v) is 4.54. The molecule has 4 nitrogen and oxygen atoms in total. The van der Waals surface area contributed by atoms with Crippen LogP contribution in [0.1, 0.15) is 46.5 Å². The van der Waals surface area contributed by atoms with Crippen molar-refractivity contribution >= 4 is 22.3 Å². The number of carbonyl (C=O) groups is 1. The average Bonchev–Trinajstić information content (AvgIpc) is 2.87. The molecule has 0 fully saturated rings. The quantitative estimate of drug-likeness (QED) is 0.783. The van der Waals surface area contributed by atoms with Crippen molar-refractivity contribution in [3.05, 3.63) is 22.0 Å². The molecule has 96 valence electrons. The molecule has 2 aromatic heterocycles. The highest BCUT2D eigenvalue weighted by Gasteiger charge is 2.23. The van der Waals surface area contributed by atoms with Crippen molar-refractivity contribution in [2.24, 2.45) is 0 Å². The Morgan fingerprint density at radius 1 is 1.44 bits per heavy atom. The van der Waals surface area contributed by atoms with E-state index >= 15 is 0 Å². The van der Waals surface area contributed by atoms with Crippen LogP contribution in [0.25, 0.3) is 4.96 Å². The molecule has 0 unspecified atom stereocenters. The molecule has 0 radical (unpaired) electrons. The average molecular weight is 264 g/mol. The van der Waals surface area contributed by atoms with Gasteiger partial charge in [0.25, 0.3) is 0 Å². The topological polar surface area (TPSA) is 43.6 Å². The number of thiazole rings is 1. The summed E-state index contributed by atoms with van der Waals surface area (Å²) < 4.78 is 7.23. The van der Waals surface area contributed by atoms with Gasteiger partial charge < -0.3 is 4.74 Å². The Kier molecular flexibility index (Phi) is 2.86. The number of carbonyl (C=O) groups excluding carboxylic acids is 1. The summed E-state index contributed by atoms with van der Waals surface area (Å²) in [5, 5.41) is 0. The molecule has 5 heteroatoms. The number of imidazole rings is 1. The van der Waals surface area contributed by atoms with Gasteiger partial charge in [-0.3, -0.25) is 4.40 Å². The standard InChI is InChI=1S/C13H16N2O2S/c1-3-17-12(16)11-8(2)15-10-7-5-4-6-9(10)14-13(15)18-11/h3-7H2,1-2H3. The first-order chi connectivity index (χ1) is 8.72. The fourth-order valence-corrected chi connectivity index (χ4v) is 3.64. The van der Waals surface area contributed by atoms with Crippen molar-refractivity contribution < 1.29 is 9.53 Å². The zero-order valence-electron chi connectivity index (χ0n) is 10.7. The van der Waals surface area contributed by atoms with Crippen LogP contribution in [0.15, 0.2) is 0 Å². The van der Waals surface area contributed by atoms with E-state index in [1.165, 1.54) is 35.6 Å². The number of nitrogens with zero attached hydrogens (tertiary/aromatic N) is 2. The maximum absolute atomic E-state index is 11.8. The highest BCUT2D eigenvalue weighted by Crippen LogP contribution is 2.30. The summed E-state index contributed by atoms with van der Waals surface area (Å²) in [6.07, 6.45) is 4.57. The lowest BCUT2D eigenvalue weighted by Crippen LogP contribution is -2.08. The Bertz CT molecular complexity index is 612. The van der Waals surface area contributed by atoms with Crippen LogP contribution >= 0.6 is 11.3 Å². The van der Waals surface area contributed by atoms with Gasteiger partial charge in [-0.1, -0.05) is 11.3 Å². The summed E-state index contributed by atoms with van der Waals surface area (Å²) in [5.74, 6) is -0.227. The molecular formula is C13H16N2O2S. The summed E-state index contributed by atoms with van der Waals surface area (Å²) in [7, 11) is 0. The van der Waals surface area contributed by atoms with Gasteiger partial charge >= 0.3 is 5.97 Å². The van der Waals surface area contributed by atoms with Crippen LogP contribution in [-0.2, 0) is 17.6 Å². The molecule has 0 amide bonds. The molecule has 0 spiro atoms. The molecular weight excluding hydrogens is 248 g/mol. The monoisotopic (exact) mass is 264 g/mol. The Morgan fingerprint density at radius 2 is 2.22 bits per heavy atom. The molecule has 2 heterocycles. The van der Waals surface area contributed by atoms with E-state index in [4.69, 9.17) is 4.74 Å². The Balaban J connectivity index is 2.12. The van der Waals surface area contributed by atoms with Crippen LogP contribution in [0.2, 0.25) is 0 Å². The van der Waals surface area contributed by atoms with Crippen molar-refractivity contribution in [3.63, 3.8) is 0 Å². The fourth-order valence-electron chi connectivity index (χ4n) is 2.58. The molecule has 18 heavy (non-hydrogen) atoms. The van der Waals surface area contributed by atoms with Crippen LogP contribution in [0.3, 0.4) is 0 Å². The minimum absolute atomic E-state index is 0.227. The lowest BCUT2D eigenvalue weighted by atomic mass is 10.0. The third kappa shape index (κ3) is 1.65. The van der Waals surface area contributed by atoms with Crippen LogP contribution in [0, 0.1) is 6.92 Å². The summed E-state index contributed by atoms with van der Waals surface area (Å²) in [6, 6.07) is 0. The number of ether oxygens (including phenoxy) is 1. The summed E-state index contributed by atoms with van der Waals surface area (Å²) >= 11 is 1.44. The van der Waals surface area contributed by atoms with Gasteiger partial charge in [0.05, 0.1) is 12.3 Å². The van der Waals surface area contributed by atoms with Crippen LogP contribution in [0.4, 0.5) is 0 Å². The van der Waals surface area contributed by atoms with E-state index in [-0.39, 0.29) is 5.97 Å². The van der Waals surface area contributed by atoms with Gasteiger partial charge in [-0.2, -0.15) is 0 Å². The van der Waals surface area contributed by atoms with Gasteiger partial charge in [0.1, 0.15) is 4.88 Å². The maximum Gasteiger partial charge on any atom is 0.350 e. The van der Waals surface area contributed by atoms with Crippen molar-refractivity contribution in [1.29, 1.82) is 0 Å². The summed E-state index contributed by atoms with van der Waals surface area (Å²) in [6.45, 7) is 4.22. The van der Waals surface area contributed by atoms with Crippen molar-refractivity contribution in [2.45, 2.75) is 39.5 Å². The highest BCUT2D eigenvalue weighted by atomic mass is 32.1. The zero-order chi connectivity index (χ0) is 12.7. The van der Waals surface area contributed by atoms with Gasteiger partial charge in [-0.05, 0) is 39.5 Å². The number of hydrogen-bond donors (Lipinski definition) is 0. The molecule has 0 aliphatic heterocycles. The molecule has 3 rings (SSSR count). The van der Waals surface area contributed by atoms with Crippen LogP contribution in [-0.4, -0.2) is 22.0 Å². The lowest BCUT2D eigenvalue weighted by Gasteiger charge is -2.10. The van der Waals surface area contributed by atoms with E-state index < -0.39 is 0 Å². The molecule has 1 aliphatic carbocycles. The Hall–Kier alpha value is -1.36. The number of hydrogen-bond acceptors (Lipinski definition) is 4. The first-order valence-electron chi connectivity index (χ1n) is 6.39. The van der Waals surface area contributed by atoms with Gasteiger partial charge in [0.2, 0.25) is 0 Å². The first-order valence-corrected chi connectivity index (χ1v) is 7.20. The Labute approximate surface area is 110 Å². The van der Waals surface area contributed by atoms with Gasteiger partial charge in [0.15, 0.2) is 4.96 Å². The zero-order valence-corrected chi connectivity index (χ0v) is 11.5. The van der Waals surface area contributed by atoms with E-state index in [9.17, 15) is 4.79 Å². The smallest absolute Gasteiger partial charge is 0.350 e. The molecule has 0 saturated carbocycles. The molecule has 2 aromatic rings. The number of aromatic nitrogens is 2. The van der Waals surface area contributed by atoms with E-state index in [1.807, 2.05) is 13.8 Å². The number of fused-ring (bicyclic) bond motifs is 3. The number of esters is 1. The maximum atomic E-state index is 11.8. The number of aryl methyl sites for hydroxylation is 3. The predicted molar refractivity (Wildman–Crippen MR) is 70.4 cm³/mol. The van der Waals surface area contributed by atoms with E-state index in [1.54, 1.807) is 0 Å². The Morgan fingerprint density at radius 3 is 3.00 bits per heavy atom. The molecule has 0 atom stereocenters. The number of rotatable bonds is 2. The molecule has 0 aromatic carbocycles. The van der Waals surface area contributed by atoms with Crippen molar-refractivity contribution in [1.82, 2.24) is 9.38 Å². The van der Waals surface area contributed by atoms with Crippen LogP contribution in [0.5, 0.6) is 0 Å².